The van der Waals surface area contributed by atoms with Crippen molar-refractivity contribution in [2.24, 2.45) is 5.92 Å². The van der Waals surface area contributed by atoms with Gasteiger partial charge in [-0.2, -0.15) is 13.2 Å². The van der Waals surface area contributed by atoms with Crippen molar-refractivity contribution in [3.8, 4) is 0 Å². The molecule has 7 heteroatoms. The summed E-state index contributed by atoms with van der Waals surface area (Å²) >= 11 is 1.58. The molecule has 0 spiro atoms. The molecule has 1 saturated heterocycles. The summed E-state index contributed by atoms with van der Waals surface area (Å²) < 4.78 is 36.9. The normalized spacial score (nSPS) is 17.9. The number of hydrogen-bond donors (Lipinski definition) is 1. The molecule has 3 nitrogen and oxygen atoms in total. The maximum absolute atomic E-state index is 12.3. The van der Waals surface area contributed by atoms with Gasteiger partial charge in [0.1, 0.15) is 0 Å². The second-order valence-electron chi connectivity index (χ2n) is 5.39. The fraction of sp³-hybridized carbons (Fsp3) is 0.643. The predicted octanol–water partition coefficient (Wildman–Crippen LogP) is 3.03. The SMILES string of the molecule is O=C(CN1CCC(CC(F)(F)F)CC1)NCc1cccs1. The van der Waals surface area contributed by atoms with Gasteiger partial charge in [-0.3, -0.25) is 9.69 Å². The van der Waals surface area contributed by atoms with Crippen LogP contribution in [0.1, 0.15) is 24.1 Å². The monoisotopic (exact) mass is 320 g/mol. The highest BCUT2D eigenvalue weighted by Crippen LogP contribution is 2.30. The Morgan fingerprint density at radius 2 is 2.10 bits per heavy atom. The molecule has 1 fully saturated rings. The van der Waals surface area contributed by atoms with E-state index in [9.17, 15) is 18.0 Å². The van der Waals surface area contributed by atoms with Crippen LogP contribution in [-0.4, -0.2) is 36.6 Å². The summed E-state index contributed by atoms with van der Waals surface area (Å²) in [6, 6.07) is 3.88. The van der Waals surface area contributed by atoms with Crippen molar-refractivity contribution < 1.29 is 18.0 Å². The Labute approximate surface area is 126 Å². The zero-order valence-corrected chi connectivity index (χ0v) is 12.5. The molecular weight excluding hydrogens is 301 g/mol. The number of thiophene rings is 1. The Kier molecular flexibility index (Phi) is 5.64. The lowest BCUT2D eigenvalue weighted by Gasteiger charge is -2.31. The molecule has 0 bridgehead atoms. The van der Waals surface area contributed by atoms with Gasteiger partial charge in [-0.1, -0.05) is 6.07 Å². The molecule has 0 aromatic carbocycles. The number of carbonyl (C=O) groups is 1. The van der Waals surface area contributed by atoms with Crippen molar-refractivity contribution in [2.75, 3.05) is 19.6 Å². The van der Waals surface area contributed by atoms with Gasteiger partial charge in [0.05, 0.1) is 13.1 Å². The molecule has 1 aromatic rings. The average Bonchev–Trinajstić information content (AvgIpc) is 2.90. The van der Waals surface area contributed by atoms with Gasteiger partial charge >= 0.3 is 6.18 Å². The van der Waals surface area contributed by atoms with Gasteiger partial charge in [-0.25, -0.2) is 0 Å². The summed E-state index contributed by atoms with van der Waals surface area (Å²) in [5.41, 5.74) is 0. The molecule has 0 aliphatic carbocycles. The van der Waals surface area contributed by atoms with E-state index in [0.29, 0.717) is 32.5 Å². The number of amides is 1. The first-order chi connectivity index (χ1) is 9.92. The molecule has 0 radical (unpaired) electrons. The lowest BCUT2D eigenvalue weighted by molar-refractivity contribution is -0.148. The van der Waals surface area contributed by atoms with Crippen LogP contribution in [0.2, 0.25) is 0 Å². The molecule has 1 aromatic heterocycles. The Morgan fingerprint density at radius 3 is 2.67 bits per heavy atom. The van der Waals surface area contributed by atoms with E-state index in [4.69, 9.17) is 0 Å². The van der Waals surface area contributed by atoms with E-state index in [-0.39, 0.29) is 18.4 Å². The zero-order chi connectivity index (χ0) is 15.3. The average molecular weight is 320 g/mol. The molecule has 1 aliphatic heterocycles. The second kappa shape index (κ2) is 7.26. The topological polar surface area (TPSA) is 32.3 Å². The van der Waals surface area contributed by atoms with E-state index in [1.54, 1.807) is 11.3 Å². The molecule has 1 aliphatic rings. The number of nitrogens with one attached hydrogen (secondary N) is 1. The van der Waals surface area contributed by atoms with E-state index in [0.717, 1.165) is 4.88 Å². The summed E-state index contributed by atoms with van der Waals surface area (Å²) in [4.78, 5) is 14.8. The number of halogens is 3. The van der Waals surface area contributed by atoms with E-state index in [2.05, 4.69) is 5.32 Å². The molecule has 2 heterocycles. The molecule has 0 saturated carbocycles. The Hall–Kier alpha value is -1.08. The van der Waals surface area contributed by atoms with Crippen molar-refractivity contribution in [3.05, 3.63) is 22.4 Å². The van der Waals surface area contributed by atoms with Crippen molar-refractivity contribution >= 4 is 17.2 Å². The first kappa shape index (κ1) is 16.3. The lowest BCUT2D eigenvalue weighted by atomic mass is 9.93. The van der Waals surface area contributed by atoms with Gasteiger partial charge in [0.25, 0.3) is 0 Å². The van der Waals surface area contributed by atoms with Crippen LogP contribution in [0, 0.1) is 5.92 Å². The summed E-state index contributed by atoms with van der Waals surface area (Å²) in [6.45, 7) is 1.91. The third-order valence-corrected chi connectivity index (χ3v) is 4.51. The highest BCUT2D eigenvalue weighted by atomic mass is 32.1. The van der Waals surface area contributed by atoms with E-state index >= 15 is 0 Å². The van der Waals surface area contributed by atoms with Gasteiger partial charge in [0.2, 0.25) is 5.91 Å². The van der Waals surface area contributed by atoms with E-state index < -0.39 is 12.6 Å². The lowest BCUT2D eigenvalue weighted by Crippen LogP contribution is -2.41. The zero-order valence-electron chi connectivity index (χ0n) is 11.7. The van der Waals surface area contributed by atoms with Crippen LogP contribution >= 0.6 is 11.3 Å². The van der Waals surface area contributed by atoms with Crippen molar-refractivity contribution in [2.45, 2.75) is 32.0 Å². The molecule has 0 unspecified atom stereocenters. The number of carbonyl (C=O) groups excluding carboxylic acids is 1. The second-order valence-corrected chi connectivity index (χ2v) is 6.43. The summed E-state index contributed by atoms with van der Waals surface area (Å²) in [7, 11) is 0. The number of hydrogen-bond acceptors (Lipinski definition) is 3. The Morgan fingerprint density at radius 1 is 1.38 bits per heavy atom. The maximum Gasteiger partial charge on any atom is 0.389 e. The number of likely N-dealkylation sites (tertiary alicyclic amines) is 1. The molecular formula is C14H19F3N2OS. The highest BCUT2D eigenvalue weighted by molar-refractivity contribution is 7.09. The van der Waals surface area contributed by atoms with Crippen molar-refractivity contribution in [1.82, 2.24) is 10.2 Å². The Balaban J connectivity index is 1.65. The number of alkyl halides is 3. The first-order valence-corrected chi connectivity index (χ1v) is 7.88. The first-order valence-electron chi connectivity index (χ1n) is 7.00. The summed E-state index contributed by atoms with van der Waals surface area (Å²) in [5.74, 6) is -0.367. The molecule has 0 atom stereocenters. The van der Waals surface area contributed by atoms with Gasteiger partial charge in [0, 0.05) is 11.3 Å². The minimum atomic E-state index is -4.08. The number of nitrogens with zero attached hydrogens (tertiary/aromatic N) is 1. The van der Waals surface area contributed by atoms with Gasteiger partial charge in [-0.15, -0.1) is 11.3 Å². The van der Waals surface area contributed by atoms with Crippen LogP contribution < -0.4 is 5.32 Å². The van der Waals surface area contributed by atoms with Crippen LogP contribution in [0.25, 0.3) is 0 Å². The quantitative estimate of drug-likeness (QED) is 0.904. The minimum Gasteiger partial charge on any atom is -0.350 e. The van der Waals surface area contributed by atoms with Crippen molar-refractivity contribution in [3.63, 3.8) is 0 Å². The molecule has 21 heavy (non-hydrogen) atoms. The van der Waals surface area contributed by atoms with E-state index in [1.165, 1.54) is 0 Å². The Bertz CT molecular complexity index is 440. The fourth-order valence-corrected chi connectivity index (χ4v) is 3.18. The molecule has 1 amide bonds. The fourth-order valence-electron chi connectivity index (χ4n) is 2.53. The third-order valence-electron chi connectivity index (χ3n) is 3.63. The van der Waals surface area contributed by atoms with Crippen molar-refractivity contribution in [1.29, 1.82) is 0 Å². The maximum atomic E-state index is 12.3. The summed E-state index contributed by atoms with van der Waals surface area (Å²) in [6.07, 6.45) is -3.76. The van der Waals surface area contributed by atoms with Crippen LogP contribution in [-0.2, 0) is 11.3 Å². The van der Waals surface area contributed by atoms with Crippen LogP contribution in [0.5, 0.6) is 0 Å². The largest absolute Gasteiger partial charge is 0.389 e. The predicted molar refractivity (Wildman–Crippen MR) is 76.0 cm³/mol. The minimum absolute atomic E-state index is 0.0716. The van der Waals surface area contributed by atoms with Crippen LogP contribution in [0.3, 0.4) is 0 Å². The van der Waals surface area contributed by atoms with E-state index in [1.807, 2.05) is 22.4 Å². The number of piperidine rings is 1. The molecule has 118 valence electrons. The van der Waals surface area contributed by atoms with Crippen LogP contribution in [0.4, 0.5) is 13.2 Å². The highest BCUT2D eigenvalue weighted by Gasteiger charge is 2.33. The standard InChI is InChI=1S/C14H19F3N2OS/c15-14(16,17)8-11-3-5-19(6-4-11)10-13(20)18-9-12-2-1-7-21-12/h1-2,7,11H,3-6,8-10H2,(H,18,20). The van der Waals surface area contributed by atoms with Crippen LogP contribution in [0.15, 0.2) is 17.5 Å². The van der Waals surface area contributed by atoms with Gasteiger partial charge in [0.15, 0.2) is 0 Å². The summed E-state index contributed by atoms with van der Waals surface area (Å²) in [5, 5.41) is 4.78. The third kappa shape index (κ3) is 6.05. The molecule has 2 rings (SSSR count). The number of rotatable bonds is 5. The smallest absolute Gasteiger partial charge is 0.350 e. The van der Waals surface area contributed by atoms with Gasteiger partial charge < -0.3 is 5.32 Å². The molecule has 1 N–H and O–H groups in total. The van der Waals surface area contributed by atoms with Gasteiger partial charge in [-0.05, 0) is 43.3 Å².